The minimum Gasteiger partial charge on any atom is -0.223 e. The van der Waals surface area contributed by atoms with Gasteiger partial charge in [0, 0.05) is 5.56 Å². The monoisotopic (exact) mass is 273 g/mol. The van der Waals surface area contributed by atoms with Crippen LogP contribution in [0.2, 0.25) is 0 Å². The largest absolute Gasteiger partial charge is 0.223 e. The fourth-order valence-electron chi connectivity index (χ4n) is 2.01. The summed E-state index contributed by atoms with van der Waals surface area (Å²) in [5.74, 6) is 1.21. The lowest BCUT2D eigenvalue weighted by molar-refractivity contribution is 0.757. The topological polar surface area (TPSA) is 48.5 Å². The van der Waals surface area contributed by atoms with Crippen LogP contribution >= 0.6 is 11.6 Å². The molecule has 0 bridgehead atoms. The first-order valence-corrected chi connectivity index (χ1v) is 6.39. The molecule has 0 fully saturated rings. The Morgan fingerprint density at radius 3 is 2.63 bits per heavy atom. The van der Waals surface area contributed by atoms with Crippen molar-refractivity contribution in [2.24, 2.45) is 0 Å². The molecule has 0 aliphatic rings. The summed E-state index contributed by atoms with van der Waals surface area (Å²) in [6.45, 7) is 1.94. The van der Waals surface area contributed by atoms with Gasteiger partial charge in [-0.25, -0.2) is 14.3 Å². The molecule has 1 aromatic carbocycles. The third-order valence-corrected chi connectivity index (χ3v) is 3.19. The minimum absolute atomic E-state index is 0.383. The zero-order valence-electron chi connectivity index (χ0n) is 10.4. The molecule has 2 aromatic heterocycles. The molecule has 0 N–H and O–H groups in total. The van der Waals surface area contributed by atoms with Gasteiger partial charge in [-0.1, -0.05) is 18.2 Å². The fraction of sp³-hybridized carbons (Fsp3) is 0.154. The van der Waals surface area contributed by atoms with Crippen LogP contribution in [0.15, 0.2) is 43.0 Å². The van der Waals surface area contributed by atoms with Gasteiger partial charge >= 0.3 is 0 Å². The second-order valence-electron chi connectivity index (χ2n) is 4.11. The molecule has 19 heavy (non-hydrogen) atoms. The molecular formula is C13H12ClN5. The Bertz CT molecular complexity index is 673. The lowest BCUT2D eigenvalue weighted by Crippen LogP contribution is -2.07. The van der Waals surface area contributed by atoms with Gasteiger partial charge in [-0.15, -0.1) is 11.6 Å². The number of para-hydroxylation sites is 1. The molecule has 3 rings (SSSR count). The van der Waals surface area contributed by atoms with Gasteiger partial charge in [0.05, 0.1) is 17.3 Å². The van der Waals surface area contributed by atoms with Crippen molar-refractivity contribution in [1.29, 1.82) is 0 Å². The molecule has 0 saturated carbocycles. The highest BCUT2D eigenvalue weighted by Crippen LogP contribution is 2.23. The van der Waals surface area contributed by atoms with Gasteiger partial charge in [-0.05, 0) is 19.1 Å². The van der Waals surface area contributed by atoms with Crippen LogP contribution in [0.3, 0.4) is 0 Å². The van der Waals surface area contributed by atoms with Gasteiger partial charge in [-0.2, -0.15) is 10.2 Å². The number of alkyl halides is 1. The van der Waals surface area contributed by atoms with E-state index in [9.17, 15) is 0 Å². The Kier molecular flexibility index (Phi) is 3.05. The first-order valence-electron chi connectivity index (χ1n) is 5.86. The number of nitrogens with zero attached hydrogens (tertiary/aromatic N) is 5. The zero-order valence-corrected chi connectivity index (χ0v) is 11.1. The molecule has 6 heteroatoms. The van der Waals surface area contributed by atoms with E-state index in [4.69, 9.17) is 11.6 Å². The Labute approximate surface area is 115 Å². The molecule has 5 nitrogen and oxygen atoms in total. The average Bonchev–Trinajstić information content (AvgIpc) is 3.06. The van der Waals surface area contributed by atoms with E-state index in [-0.39, 0.29) is 0 Å². The molecular weight excluding hydrogens is 262 g/mol. The number of halogens is 1. The first-order chi connectivity index (χ1) is 9.31. The maximum absolute atomic E-state index is 6.04. The summed E-state index contributed by atoms with van der Waals surface area (Å²) in [7, 11) is 0. The summed E-state index contributed by atoms with van der Waals surface area (Å²) in [6, 6.07) is 9.89. The van der Waals surface area contributed by atoms with Gasteiger partial charge in [0.25, 0.3) is 0 Å². The highest BCUT2D eigenvalue weighted by molar-refractivity contribution is 6.17. The molecule has 0 unspecified atom stereocenters. The van der Waals surface area contributed by atoms with Crippen LogP contribution in [0.4, 0.5) is 0 Å². The van der Waals surface area contributed by atoms with Crippen LogP contribution in [0.1, 0.15) is 11.3 Å². The van der Waals surface area contributed by atoms with E-state index in [2.05, 4.69) is 15.2 Å². The summed E-state index contributed by atoms with van der Waals surface area (Å²) >= 11 is 6.04. The molecule has 0 aliphatic carbocycles. The van der Waals surface area contributed by atoms with Gasteiger partial charge < -0.3 is 0 Å². The summed E-state index contributed by atoms with van der Waals surface area (Å²) < 4.78 is 3.52. The van der Waals surface area contributed by atoms with Crippen LogP contribution in [0.25, 0.3) is 11.5 Å². The van der Waals surface area contributed by atoms with Crippen LogP contribution in [0.5, 0.6) is 0 Å². The number of hydrogen-bond donors (Lipinski definition) is 0. The average molecular weight is 274 g/mol. The normalized spacial score (nSPS) is 10.8. The number of aromatic nitrogens is 5. The van der Waals surface area contributed by atoms with E-state index in [0.29, 0.717) is 5.88 Å². The van der Waals surface area contributed by atoms with Gasteiger partial charge in [-0.3, -0.25) is 0 Å². The number of benzene rings is 1. The van der Waals surface area contributed by atoms with Crippen molar-refractivity contribution in [3.63, 3.8) is 0 Å². The predicted octanol–water partition coefficient (Wildman–Crippen LogP) is 2.50. The molecule has 0 atom stereocenters. The number of hydrogen-bond acceptors (Lipinski definition) is 3. The standard InChI is InChI=1S/C13H12ClN5/c1-10-12(7-14)13(18-9-15-8-16-18)19(17-10)11-5-3-2-4-6-11/h2-6,8-9H,7H2,1H3. The van der Waals surface area contributed by atoms with Crippen LogP contribution in [-0.4, -0.2) is 24.5 Å². The quantitative estimate of drug-likeness (QED) is 0.689. The lowest BCUT2D eigenvalue weighted by atomic mass is 10.2. The van der Waals surface area contributed by atoms with Crippen molar-refractivity contribution in [3.05, 3.63) is 54.2 Å². The highest BCUT2D eigenvalue weighted by Gasteiger charge is 2.17. The van der Waals surface area contributed by atoms with E-state index in [0.717, 1.165) is 22.8 Å². The van der Waals surface area contributed by atoms with Crippen molar-refractivity contribution in [2.45, 2.75) is 12.8 Å². The third-order valence-electron chi connectivity index (χ3n) is 2.93. The molecule has 3 aromatic rings. The first kappa shape index (κ1) is 11.9. The second-order valence-corrected chi connectivity index (χ2v) is 4.38. The van der Waals surface area contributed by atoms with Gasteiger partial charge in [0.1, 0.15) is 12.7 Å². The van der Waals surface area contributed by atoms with E-state index in [1.54, 1.807) is 11.0 Å². The van der Waals surface area contributed by atoms with E-state index >= 15 is 0 Å². The maximum Gasteiger partial charge on any atom is 0.163 e. The van der Waals surface area contributed by atoms with Crippen LogP contribution in [-0.2, 0) is 5.88 Å². The molecule has 96 valence electrons. The SMILES string of the molecule is Cc1nn(-c2ccccc2)c(-n2cncn2)c1CCl. The van der Waals surface area contributed by atoms with E-state index in [1.807, 2.05) is 41.9 Å². The fourth-order valence-corrected chi connectivity index (χ4v) is 2.32. The Balaban J connectivity index is 2.26. The molecule has 0 saturated heterocycles. The molecule has 0 radical (unpaired) electrons. The third kappa shape index (κ3) is 2.02. The smallest absolute Gasteiger partial charge is 0.163 e. The van der Waals surface area contributed by atoms with Gasteiger partial charge in [0.15, 0.2) is 5.82 Å². The number of aryl methyl sites for hydroxylation is 1. The maximum atomic E-state index is 6.04. The van der Waals surface area contributed by atoms with Crippen molar-refractivity contribution < 1.29 is 0 Å². The van der Waals surface area contributed by atoms with Crippen LogP contribution < -0.4 is 0 Å². The second kappa shape index (κ2) is 4.85. The summed E-state index contributed by atoms with van der Waals surface area (Å²) in [5, 5.41) is 8.73. The van der Waals surface area contributed by atoms with Crippen molar-refractivity contribution in [3.8, 4) is 11.5 Å². The van der Waals surface area contributed by atoms with Crippen molar-refractivity contribution >= 4 is 11.6 Å². The summed E-state index contributed by atoms with van der Waals surface area (Å²) in [6.07, 6.45) is 3.14. The zero-order chi connectivity index (χ0) is 13.2. The predicted molar refractivity (Wildman–Crippen MR) is 72.8 cm³/mol. The van der Waals surface area contributed by atoms with Crippen molar-refractivity contribution in [2.75, 3.05) is 0 Å². The van der Waals surface area contributed by atoms with E-state index in [1.165, 1.54) is 6.33 Å². The minimum atomic E-state index is 0.383. The van der Waals surface area contributed by atoms with Crippen molar-refractivity contribution in [1.82, 2.24) is 24.5 Å². The van der Waals surface area contributed by atoms with Gasteiger partial charge in [0.2, 0.25) is 0 Å². The molecule has 2 heterocycles. The Morgan fingerprint density at radius 2 is 2.00 bits per heavy atom. The molecule has 0 amide bonds. The molecule has 0 aliphatic heterocycles. The summed E-state index contributed by atoms with van der Waals surface area (Å²) in [4.78, 5) is 3.99. The lowest BCUT2D eigenvalue weighted by Gasteiger charge is -2.07. The Morgan fingerprint density at radius 1 is 1.21 bits per heavy atom. The number of rotatable bonds is 3. The van der Waals surface area contributed by atoms with Crippen LogP contribution in [0, 0.1) is 6.92 Å². The summed E-state index contributed by atoms with van der Waals surface area (Å²) in [5.41, 5.74) is 2.81. The van der Waals surface area contributed by atoms with E-state index < -0.39 is 0 Å². The Hall–Kier alpha value is -2.14. The highest BCUT2D eigenvalue weighted by atomic mass is 35.5. The molecule has 0 spiro atoms.